The highest BCUT2D eigenvalue weighted by Crippen LogP contribution is 2.34. The van der Waals surface area contributed by atoms with Gasteiger partial charge in [0, 0.05) is 31.1 Å². The summed E-state index contributed by atoms with van der Waals surface area (Å²) in [5.74, 6) is 0.468. The van der Waals surface area contributed by atoms with Crippen molar-refractivity contribution in [3.8, 4) is 0 Å². The highest BCUT2D eigenvalue weighted by atomic mass is 16.2. The summed E-state index contributed by atoms with van der Waals surface area (Å²) in [5.41, 5.74) is 9.36. The van der Waals surface area contributed by atoms with Gasteiger partial charge in [0.15, 0.2) is 0 Å². The molecule has 5 heteroatoms. The lowest BCUT2D eigenvalue weighted by Gasteiger charge is -2.43. The molecule has 1 atom stereocenters. The van der Waals surface area contributed by atoms with E-state index < -0.39 is 5.54 Å². The van der Waals surface area contributed by atoms with Crippen molar-refractivity contribution < 1.29 is 4.79 Å². The van der Waals surface area contributed by atoms with Gasteiger partial charge in [-0.05, 0) is 43.2 Å². The standard InChI is InChI=1S/C20H26N4O/c21-20(9-5-10-20)19(25)24-11-4-8-16(14-24)18-17(13-22-23-18)12-15-6-2-1-3-7-15/h1-3,6-7,13,16H,4-5,8-12,14,21H2,(H,22,23)/t16-/m1/s1. The van der Waals surface area contributed by atoms with Gasteiger partial charge in [-0.3, -0.25) is 9.89 Å². The van der Waals surface area contributed by atoms with Crippen LogP contribution in [0.2, 0.25) is 0 Å². The number of aromatic amines is 1. The summed E-state index contributed by atoms with van der Waals surface area (Å²) in [6.45, 7) is 1.58. The monoisotopic (exact) mass is 338 g/mol. The Kier molecular flexibility index (Phi) is 4.34. The van der Waals surface area contributed by atoms with E-state index in [1.807, 2.05) is 17.2 Å². The van der Waals surface area contributed by atoms with Gasteiger partial charge in [0.1, 0.15) is 0 Å². The van der Waals surface area contributed by atoms with Gasteiger partial charge in [-0.2, -0.15) is 5.10 Å². The minimum atomic E-state index is -0.594. The largest absolute Gasteiger partial charge is 0.340 e. The summed E-state index contributed by atoms with van der Waals surface area (Å²) < 4.78 is 0. The molecule has 1 aliphatic carbocycles. The zero-order valence-electron chi connectivity index (χ0n) is 14.6. The van der Waals surface area contributed by atoms with E-state index in [4.69, 9.17) is 5.73 Å². The lowest BCUT2D eigenvalue weighted by molar-refractivity contribution is -0.141. The highest BCUT2D eigenvalue weighted by molar-refractivity contribution is 5.87. The molecule has 5 nitrogen and oxygen atoms in total. The molecule has 0 spiro atoms. The molecule has 2 aliphatic rings. The number of nitrogens with two attached hydrogens (primary N) is 1. The second kappa shape index (κ2) is 6.64. The molecule has 1 saturated heterocycles. The number of hydrogen-bond acceptors (Lipinski definition) is 3. The summed E-state index contributed by atoms with van der Waals surface area (Å²) in [5, 5.41) is 7.49. The Morgan fingerprint density at radius 2 is 2.08 bits per heavy atom. The number of aromatic nitrogens is 2. The fraction of sp³-hybridized carbons (Fsp3) is 0.500. The van der Waals surface area contributed by atoms with E-state index in [9.17, 15) is 4.79 Å². The first-order chi connectivity index (χ1) is 12.2. The minimum Gasteiger partial charge on any atom is -0.340 e. The average molecular weight is 338 g/mol. The first-order valence-electron chi connectivity index (χ1n) is 9.30. The Morgan fingerprint density at radius 3 is 2.80 bits per heavy atom. The summed E-state index contributed by atoms with van der Waals surface area (Å²) in [7, 11) is 0. The van der Waals surface area contributed by atoms with Crippen LogP contribution in [-0.2, 0) is 11.2 Å². The number of rotatable bonds is 4. The first-order valence-corrected chi connectivity index (χ1v) is 9.30. The van der Waals surface area contributed by atoms with Crippen molar-refractivity contribution in [2.24, 2.45) is 5.73 Å². The average Bonchev–Trinajstić information content (AvgIpc) is 3.08. The van der Waals surface area contributed by atoms with Gasteiger partial charge in [0.25, 0.3) is 0 Å². The number of benzene rings is 1. The number of H-pyrrole nitrogens is 1. The van der Waals surface area contributed by atoms with E-state index in [2.05, 4.69) is 34.5 Å². The van der Waals surface area contributed by atoms with Crippen molar-refractivity contribution in [2.75, 3.05) is 13.1 Å². The Morgan fingerprint density at radius 1 is 1.28 bits per heavy atom. The number of nitrogens with one attached hydrogen (secondary N) is 1. The summed E-state index contributed by atoms with van der Waals surface area (Å²) in [6.07, 6.45) is 7.65. The van der Waals surface area contributed by atoms with Crippen molar-refractivity contribution >= 4 is 5.91 Å². The molecule has 1 aromatic carbocycles. The van der Waals surface area contributed by atoms with Crippen LogP contribution in [0.4, 0.5) is 0 Å². The third kappa shape index (κ3) is 3.21. The lowest BCUT2D eigenvalue weighted by atomic mass is 9.76. The quantitative estimate of drug-likeness (QED) is 0.900. The van der Waals surface area contributed by atoms with Gasteiger partial charge in [-0.15, -0.1) is 0 Å². The molecule has 4 rings (SSSR count). The van der Waals surface area contributed by atoms with Crippen molar-refractivity contribution in [2.45, 2.75) is 50.0 Å². The molecule has 3 N–H and O–H groups in total. The molecule has 2 aromatic rings. The van der Waals surface area contributed by atoms with Crippen LogP contribution in [0.25, 0.3) is 0 Å². The van der Waals surface area contributed by atoms with Gasteiger partial charge in [-0.25, -0.2) is 0 Å². The number of piperidine rings is 1. The normalized spacial score (nSPS) is 22.4. The van der Waals surface area contributed by atoms with Gasteiger partial charge in [0.05, 0.1) is 11.7 Å². The van der Waals surface area contributed by atoms with Crippen molar-refractivity contribution in [1.82, 2.24) is 15.1 Å². The molecule has 2 heterocycles. The number of carbonyl (C=O) groups excluding carboxylic acids is 1. The Bertz CT molecular complexity index is 735. The van der Waals surface area contributed by atoms with Crippen molar-refractivity contribution in [3.05, 3.63) is 53.3 Å². The van der Waals surface area contributed by atoms with Crippen molar-refractivity contribution in [3.63, 3.8) is 0 Å². The Balaban J connectivity index is 1.48. The van der Waals surface area contributed by atoms with Crippen LogP contribution < -0.4 is 5.73 Å². The number of likely N-dealkylation sites (tertiary alicyclic amines) is 1. The zero-order chi connectivity index (χ0) is 17.3. The molecule has 25 heavy (non-hydrogen) atoms. The van der Waals surface area contributed by atoms with Gasteiger partial charge in [0.2, 0.25) is 5.91 Å². The van der Waals surface area contributed by atoms with E-state index in [0.29, 0.717) is 5.92 Å². The van der Waals surface area contributed by atoms with Crippen molar-refractivity contribution in [1.29, 1.82) is 0 Å². The number of carbonyl (C=O) groups is 1. The SMILES string of the molecule is NC1(C(=O)N2CCC[C@@H](c3[nH]ncc3Cc3ccccc3)C2)CCC1. The number of nitrogens with zero attached hydrogens (tertiary/aromatic N) is 2. The predicted molar refractivity (Wildman–Crippen MR) is 97.2 cm³/mol. The summed E-state index contributed by atoms with van der Waals surface area (Å²) >= 11 is 0. The van der Waals surface area contributed by atoms with Crippen LogP contribution >= 0.6 is 0 Å². The fourth-order valence-electron chi connectivity index (χ4n) is 4.11. The summed E-state index contributed by atoms with van der Waals surface area (Å²) in [4.78, 5) is 14.8. The van der Waals surface area contributed by atoms with Crippen LogP contribution in [0.5, 0.6) is 0 Å². The van der Waals surface area contributed by atoms with Crippen LogP contribution in [0.3, 0.4) is 0 Å². The molecule has 0 bridgehead atoms. The van der Waals surface area contributed by atoms with E-state index in [1.54, 1.807) is 0 Å². The molecule has 1 aliphatic heterocycles. The van der Waals surface area contributed by atoms with E-state index in [-0.39, 0.29) is 5.91 Å². The van der Waals surface area contributed by atoms with Crippen LogP contribution in [-0.4, -0.2) is 39.6 Å². The smallest absolute Gasteiger partial charge is 0.242 e. The van der Waals surface area contributed by atoms with E-state index >= 15 is 0 Å². The van der Waals surface area contributed by atoms with Crippen LogP contribution in [0.15, 0.2) is 36.5 Å². The number of amides is 1. The topological polar surface area (TPSA) is 75.0 Å². The maximum absolute atomic E-state index is 12.8. The predicted octanol–water partition coefficient (Wildman–Crippen LogP) is 2.59. The molecule has 1 saturated carbocycles. The summed E-state index contributed by atoms with van der Waals surface area (Å²) in [6, 6.07) is 10.4. The molecule has 132 valence electrons. The Hall–Kier alpha value is -2.14. The number of hydrogen-bond donors (Lipinski definition) is 2. The molecule has 1 amide bonds. The van der Waals surface area contributed by atoms with Gasteiger partial charge < -0.3 is 10.6 Å². The molecule has 2 fully saturated rings. The van der Waals surface area contributed by atoms with Gasteiger partial charge in [-0.1, -0.05) is 30.3 Å². The molecular weight excluding hydrogens is 312 g/mol. The van der Waals surface area contributed by atoms with E-state index in [0.717, 1.165) is 51.6 Å². The van der Waals surface area contributed by atoms with Gasteiger partial charge >= 0.3 is 0 Å². The second-order valence-corrected chi connectivity index (χ2v) is 7.57. The van der Waals surface area contributed by atoms with Crippen LogP contribution in [0, 0.1) is 0 Å². The molecule has 0 unspecified atom stereocenters. The molecule has 1 aromatic heterocycles. The molecule has 0 radical (unpaired) electrons. The second-order valence-electron chi connectivity index (χ2n) is 7.57. The maximum Gasteiger partial charge on any atom is 0.242 e. The maximum atomic E-state index is 12.8. The van der Waals surface area contributed by atoms with E-state index in [1.165, 1.54) is 16.8 Å². The van der Waals surface area contributed by atoms with Crippen LogP contribution in [0.1, 0.15) is 54.8 Å². The lowest BCUT2D eigenvalue weighted by Crippen LogP contribution is -2.60. The third-order valence-corrected chi connectivity index (χ3v) is 5.78. The minimum absolute atomic E-state index is 0.146. The highest BCUT2D eigenvalue weighted by Gasteiger charge is 2.43. The first kappa shape index (κ1) is 16.3. The zero-order valence-corrected chi connectivity index (χ0v) is 14.6. The molecular formula is C20H26N4O. The fourth-order valence-corrected chi connectivity index (χ4v) is 4.11. The third-order valence-electron chi connectivity index (χ3n) is 5.78. The Labute approximate surface area is 148 Å².